The topological polar surface area (TPSA) is 167 Å². The number of carbonyl (C=O) groups is 9. The van der Waals surface area contributed by atoms with Crippen LogP contribution in [0.25, 0.3) is 0 Å². The number of amides is 4. The van der Waals surface area contributed by atoms with Crippen LogP contribution in [0.15, 0.2) is 109 Å². The fraction of sp³-hybridized carbons (Fsp3) is 0.500. The Balaban J connectivity index is -0.000000947. The van der Waals surface area contributed by atoms with Crippen molar-refractivity contribution in [1.29, 1.82) is 0 Å². The van der Waals surface area contributed by atoms with Gasteiger partial charge in [0.05, 0.1) is 0 Å². The van der Waals surface area contributed by atoms with Gasteiger partial charge in [-0.2, -0.15) is 0 Å². The van der Waals surface area contributed by atoms with Crippen LogP contribution in [0.4, 0.5) is 22.7 Å². The van der Waals surface area contributed by atoms with Crippen molar-refractivity contribution in [3.05, 3.63) is 114 Å². The Bertz CT molecular complexity index is 2700. The molecule has 0 saturated carbocycles. The minimum Gasteiger partial charge on any atom is -0.316 e. The van der Waals surface area contributed by atoms with Gasteiger partial charge in [-0.3, -0.25) is 43.2 Å². The van der Waals surface area contributed by atoms with Crippen LogP contribution in [0.2, 0.25) is 0 Å². The van der Waals surface area contributed by atoms with Gasteiger partial charge in [0.25, 0.3) is 0 Å². The number of benzene rings is 4. The van der Waals surface area contributed by atoms with Crippen molar-refractivity contribution in [2.75, 3.05) is 46.8 Å². The summed E-state index contributed by atoms with van der Waals surface area (Å²) in [6, 6.07) is 29.4. The molecule has 0 radical (unpaired) electrons. The number of halogens is 9. The van der Waals surface area contributed by atoms with E-state index in [1.807, 2.05) is 136 Å². The Morgan fingerprint density at radius 3 is 1.27 bits per heavy atom. The quantitative estimate of drug-likeness (QED) is 0.0935. The third kappa shape index (κ3) is 44.9. The van der Waals surface area contributed by atoms with Crippen molar-refractivity contribution >= 4 is 194 Å². The van der Waals surface area contributed by atoms with Gasteiger partial charge in [-0.05, 0) is 205 Å². The fourth-order valence-electron chi connectivity index (χ4n) is 7.05. The minimum atomic E-state index is -0.361. The monoisotopic (exact) mass is 1570 g/mol. The van der Waals surface area contributed by atoms with E-state index in [9.17, 15) is 43.2 Å². The van der Waals surface area contributed by atoms with Gasteiger partial charge in [0, 0.05) is 126 Å². The van der Waals surface area contributed by atoms with E-state index in [1.165, 1.54) is 12.5 Å². The van der Waals surface area contributed by atoms with Gasteiger partial charge in [-0.1, -0.05) is 145 Å². The van der Waals surface area contributed by atoms with Crippen LogP contribution in [0.1, 0.15) is 166 Å². The summed E-state index contributed by atoms with van der Waals surface area (Å²) in [5, 5.41) is -1.29. The van der Waals surface area contributed by atoms with Gasteiger partial charge in [0.2, 0.25) is 49.8 Å². The lowest BCUT2D eigenvalue weighted by Gasteiger charge is -2.17. The van der Waals surface area contributed by atoms with Crippen LogP contribution < -0.4 is 19.6 Å². The Kier molecular flexibility index (Phi) is 52.4. The average Bonchev–Trinajstić information content (AvgIpc) is 2.76. The number of anilines is 4. The van der Waals surface area contributed by atoms with Crippen LogP contribution in [-0.4, -0.2) is 77.0 Å². The second-order valence-corrected chi connectivity index (χ2v) is 26.8. The summed E-state index contributed by atoms with van der Waals surface area (Å²) in [6.07, 6.45) is 10.4. The van der Waals surface area contributed by atoms with E-state index < -0.39 is 0 Å². The third-order valence-corrected chi connectivity index (χ3v) is 15.3. The second-order valence-electron chi connectivity index (χ2n) is 21.0. The lowest BCUT2D eigenvalue weighted by molar-refractivity contribution is -0.119. The number of fused-ring (bicyclic) bond motifs is 1. The molecule has 88 heavy (non-hydrogen) atoms. The van der Waals surface area contributed by atoms with Crippen molar-refractivity contribution in [2.24, 2.45) is 23.7 Å². The van der Waals surface area contributed by atoms with Crippen LogP contribution in [0.5, 0.6) is 0 Å². The average molecular weight is 1580 g/mol. The van der Waals surface area contributed by atoms with E-state index in [4.69, 9.17) is 46.4 Å². The Morgan fingerprint density at radius 2 is 0.977 bits per heavy atom. The molecule has 492 valence electrons. The maximum absolute atomic E-state index is 11.7. The zero-order valence-corrected chi connectivity index (χ0v) is 63.6. The van der Waals surface area contributed by atoms with E-state index in [2.05, 4.69) is 102 Å². The molecule has 2 aliphatic rings. The summed E-state index contributed by atoms with van der Waals surface area (Å²) in [6.45, 7) is 24.2. The molecule has 6 rings (SSSR count). The molecule has 4 aromatic rings. The van der Waals surface area contributed by atoms with Crippen LogP contribution >= 0.6 is 122 Å². The highest BCUT2D eigenvalue weighted by Gasteiger charge is 2.23. The second kappa shape index (κ2) is 52.0. The molecule has 0 spiro atoms. The number of hydrogen-bond donors (Lipinski definition) is 0. The first-order valence-corrected chi connectivity index (χ1v) is 34.2. The molecule has 2 aliphatic heterocycles. The first-order valence-electron chi connectivity index (χ1n) is 29.2. The van der Waals surface area contributed by atoms with E-state index in [-0.39, 0.29) is 61.7 Å². The number of unbranched alkanes of at least 4 members (excludes halogenated alkanes) is 1. The molecule has 1 saturated heterocycles. The van der Waals surface area contributed by atoms with Crippen molar-refractivity contribution in [3.63, 3.8) is 0 Å². The maximum Gasteiger partial charge on any atom is 0.227 e. The molecule has 0 aromatic heterocycles. The zero-order valence-electron chi connectivity index (χ0n) is 53.4. The molecule has 1 fully saturated rings. The van der Waals surface area contributed by atoms with Crippen molar-refractivity contribution in [2.45, 2.75) is 167 Å². The fourth-order valence-corrected chi connectivity index (χ4v) is 8.92. The molecule has 0 unspecified atom stereocenters. The maximum atomic E-state index is 11.7. The zero-order chi connectivity index (χ0) is 68.2. The molecule has 0 bridgehead atoms. The predicted molar refractivity (Wildman–Crippen MR) is 384 cm³/mol. The molecular formula is C66H91Br4Cl5N4O9. The van der Waals surface area contributed by atoms with E-state index in [0.717, 1.165) is 105 Å². The van der Waals surface area contributed by atoms with Crippen LogP contribution in [0.3, 0.4) is 0 Å². The largest absolute Gasteiger partial charge is 0.316 e. The number of nitrogens with zero attached hydrogens (tertiary/aromatic N) is 4. The first kappa shape index (κ1) is 88.7. The van der Waals surface area contributed by atoms with Crippen LogP contribution in [-0.2, 0) is 49.6 Å². The number of rotatable bonds is 17. The molecular weight excluding hydrogens is 1490 g/mol. The highest BCUT2D eigenvalue weighted by molar-refractivity contribution is 9.11. The molecule has 22 heteroatoms. The van der Waals surface area contributed by atoms with Crippen LogP contribution in [0, 0.1) is 23.7 Å². The highest BCUT2D eigenvalue weighted by Crippen LogP contribution is 2.31. The summed E-state index contributed by atoms with van der Waals surface area (Å²) in [7, 11) is 3.63. The van der Waals surface area contributed by atoms with Gasteiger partial charge in [-0.25, -0.2) is 0 Å². The summed E-state index contributed by atoms with van der Waals surface area (Å²) in [5.74, 6) is 1.74. The van der Waals surface area contributed by atoms with E-state index in [1.54, 1.807) is 37.6 Å². The SMILES string of the molecule is CC(=O)Cl.CC(=O)N1CCc2ccc(Br)cc21.CC(C)C(=O)Cl.CC(C)CC(=O)Cl.CC(C)CCC(=O)Cl.CCC(CC)C(=O)Cl.CCCC(=O)N(C)c1ccc(Br)cc1.CCCCC(=O)N(C)c1ccc(Br)cc1.O=C1CCCN1c1ccc(Br)cc1. The molecule has 4 amide bonds. The molecule has 13 nitrogen and oxygen atoms in total. The van der Waals surface area contributed by atoms with Crippen molar-refractivity contribution < 1.29 is 43.2 Å². The summed E-state index contributed by atoms with van der Waals surface area (Å²) < 4.78 is 4.13. The Hall–Kier alpha value is -3.52. The molecule has 0 atom stereocenters. The lowest BCUT2D eigenvalue weighted by Crippen LogP contribution is -2.25. The normalized spacial score (nSPS) is 11.4. The van der Waals surface area contributed by atoms with Gasteiger partial charge in [0.15, 0.2) is 0 Å². The summed E-state index contributed by atoms with van der Waals surface area (Å²) >= 11 is 38.4. The Labute approximate surface area is 583 Å². The van der Waals surface area contributed by atoms with Crippen molar-refractivity contribution in [3.8, 4) is 0 Å². The smallest absolute Gasteiger partial charge is 0.227 e. The number of hydrogen-bond acceptors (Lipinski definition) is 9. The number of carbonyl (C=O) groups excluding carboxylic acids is 9. The first-order chi connectivity index (χ1) is 41.1. The third-order valence-electron chi connectivity index (χ3n) is 12.2. The molecule has 2 heterocycles. The van der Waals surface area contributed by atoms with Gasteiger partial charge >= 0.3 is 0 Å². The summed E-state index contributed by atoms with van der Waals surface area (Å²) in [4.78, 5) is 103. The van der Waals surface area contributed by atoms with E-state index >= 15 is 0 Å². The highest BCUT2D eigenvalue weighted by atomic mass is 79.9. The summed E-state index contributed by atoms with van der Waals surface area (Å²) in [5.41, 5.74) is 5.21. The molecule has 4 aromatic carbocycles. The van der Waals surface area contributed by atoms with Crippen molar-refractivity contribution in [1.82, 2.24) is 0 Å². The van der Waals surface area contributed by atoms with Gasteiger partial charge in [-0.15, -0.1) is 0 Å². The predicted octanol–water partition coefficient (Wildman–Crippen LogP) is 20.1. The molecule has 0 N–H and O–H groups in total. The van der Waals surface area contributed by atoms with Gasteiger partial charge in [0.1, 0.15) is 0 Å². The Morgan fingerprint density at radius 1 is 0.545 bits per heavy atom. The molecule has 0 aliphatic carbocycles. The standard InChI is InChI=1S/C12H16BrNO.C11H14BrNO.2C10H10BrNO.2C6H11ClO.C5H9ClO.C4H7ClO.C2H3ClO/c1-3-4-5-12(15)14(2)11-8-6-10(13)7-9-11;1-3-4-11(14)13(2)10-7-5-9(12)6-8-10;1-7(13)12-5-4-8-2-3-9(11)6-10(8)12;11-8-3-5-9(6-4-8)12-7-1-2-10(12)13;1-5(2)3-4-6(7)8;1-3-5(4-2)6(7)8;1-4(2)3-5(6)7;1-3(2)4(5)6;1-2(3)4/h6-9H,3-5H2,1-2H3;5-8H,3-4H2,1-2H3;2-3,6H,4-5H2,1H3;3-6H,1-2,7H2;2*5H,3-4H2,1-2H3;4H,3H2,1-2H3;3H,1-2H3;1H3. The van der Waals surface area contributed by atoms with E-state index in [0.29, 0.717) is 43.9 Å². The minimum absolute atomic E-state index is 0.0216. The van der Waals surface area contributed by atoms with Gasteiger partial charge < -0.3 is 19.6 Å². The lowest BCUT2D eigenvalue weighted by atomic mass is 10.1.